The van der Waals surface area contributed by atoms with E-state index in [0.29, 0.717) is 23.6 Å². The first-order valence-corrected chi connectivity index (χ1v) is 8.63. The molecule has 0 radical (unpaired) electrons. The molecule has 130 valence electrons. The molecule has 0 spiro atoms. The maximum Gasteiger partial charge on any atom is 0.325 e. The molecule has 0 aliphatic carbocycles. The number of amides is 2. The van der Waals surface area contributed by atoms with Crippen LogP contribution in [-0.4, -0.2) is 18.9 Å². The Morgan fingerprint density at radius 2 is 2.08 bits per heavy atom. The van der Waals surface area contributed by atoms with Crippen LogP contribution in [0.5, 0.6) is 11.5 Å². The summed E-state index contributed by atoms with van der Waals surface area (Å²) in [5.74, 6) is 0.845. The molecule has 2 amide bonds. The highest BCUT2D eigenvalue weighted by atomic mass is 79.9. The van der Waals surface area contributed by atoms with Crippen LogP contribution in [0, 0.1) is 5.82 Å². The van der Waals surface area contributed by atoms with Gasteiger partial charge in [-0.1, -0.05) is 15.9 Å². The zero-order chi connectivity index (χ0) is 17.8. The summed E-state index contributed by atoms with van der Waals surface area (Å²) in [4.78, 5) is 14.3. The van der Waals surface area contributed by atoms with Gasteiger partial charge in [0.25, 0.3) is 0 Å². The number of carbonyl (C=O) groups excluding carboxylic acids is 1. The van der Waals surface area contributed by atoms with E-state index in [0.717, 1.165) is 10.0 Å². The molecule has 2 aliphatic heterocycles. The van der Waals surface area contributed by atoms with E-state index in [1.54, 1.807) is 19.2 Å². The molecule has 0 aromatic heterocycles. The number of methoxy groups -OCH3 is 1. The summed E-state index contributed by atoms with van der Waals surface area (Å²) >= 11 is 3.46. The summed E-state index contributed by atoms with van der Waals surface area (Å²) < 4.78 is 25.8. The number of hydrogen-bond donors (Lipinski definition) is 1. The molecule has 7 heteroatoms. The van der Waals surface area contributed by atoms with Crippen LogP contribution in [-0.2, 0) is 0 Å². The topological polar surface area (TPSA) is 50.8 Å². The van der Waals surface area contributed by atoms with Crippen molar-refractivity contribution in [2.45, 2.75) is 25.1 Å². The van der Waals surface area contributed by atoms with Crippen molar-refractivity contribution < 1.29 is 18.7 Å². The van der Waals surface area contributed by atoms with Gasteiger partial charge in [0.15, 0.2) is 17.2 Å². The second-order valence-electron chi connectivity index (χ2n) is 6.32. The molecule has 1 fully saturated rings. The van der Waals surface area contributed by atoms with Gasteiger partial charge in [-0.3, -0.25) is 4.90 Å². The van der Waals surface area contributed by atoms with E-state index in [2.05, 4.69) is 21.2 Å². The van der Waals surface area contributed by atoms with Gasteiger partial charge in [0.2, 0.25) is 0 Å². The predicted octanol–water partition coefficient (Wildman–Crippen LogP) is 4.37. The Labute approximate surface area is 152 Å². The number of nitrogens with one attached hydrogen (secondary N) is 1. The Bertz CT molecular complexity index is 858. The van der Waals surface area contributed by atoms with Crippen molar-refractivity contribution >= 4 is 27.6 Å². The maximum atomic E-state index is 13.3. The van der Waals surface area contributed by atoms with Crippen LogP contribution in [0.4, 0.5) is 14.9 Å². The minimum atomic E-state index is -0.904. The standard InChI is InChI=1S/C18H16BrFN2O3/c1-18-9-14(13-7-10(19)8-15(24-2)16(13)25-18)21-17(23)22(18)12-5-3-11(20)4-6-12/h3-8,14H,9H2,1-2H3,(H,21,23)/t14-,18-/m1/s1. The Hall–Kier alpha value is -2.28. The monoisotopic (exact) mass is 406 g/mol. The lowest BCUT2D eigenvalue weighted by molar-refractivity contribution is 0.0349. The van der Waals surface area contributed by atoms with E-state index in [4.69, 9.17) is 9.47 Å². The lowest BCUT2D eigenvalue weighted by Crippen LogP contribution is -2.65. The highest BCUT2D eigenvalue weighted by Gasteiger charge is 2.50. The molecule has 5 nitrogen and oxygen atoms in total. The summed E-state index contributed by atoms with van der Waals surface area (Å²) in [5, 5.41) is 3.01. The number of anilines is 1. The SMILES string of the molecule is COc1cc(Br)cc2c1O[C@]1(C)C[C@H]2NC(=O)N1c1ccc(F)cc1. The molecule has 2 aliphatic rings. The lowest BCUT2D eigenvalue weighted by Gasteiger charge is -2.50. The van der Waals surface area contributed by atoms with Gasteiger partial charge >= 0.3 is 6.03 Å². The maximum absolute atomic E-state index is 13.3. The summed E-state index contributed by atoms with van der Waals surface area (Å²) in [6.07, 6.45) is 0.558. The van der Waals surface area contributed by atoms with Crippen molar-refractivity contribution in [2.24, 2.45) is 0 Å². The number of halogens is 2. The molecule has 2 heterocycles. The van der Waals surface area contributed by atoms with E-state index in [9.17, 15) is 9.18 Å². The third-order valence-corrected chi connectivity index (χ3v) is 5.06. The number of carbonyl (C=O) groups is 1. The van der Waals surface area contributed by atoms with Crippen LogP contribution >= 0.6 is 15.9 Å². The van der Waals surface area contributed by atoms with Gasteiger partial charge in [-0.15, -0.1) is 0 Å². The van der Waals surface area contributed by atoms with Gasteiger partial charge in [-0.2, -0.15) is 0 Å². The fraction of sp³-hybridized carbons (Fsp3) is 0.278. The van der Waals surface area contributed by atoms with Crippen LogP contribution < -0.4 is 19.7 Å². The fourth-order valence-electron chi connectivity index (χ4n) is 3.53. The number of hydrogen-bond acceptors (Lipinski definition) is 3. The lowest BCUT2D eigenvalue weighted by atomic mass is 9.90. The minimum Gasteiger partial charge on any atom is -0.493 e. The quantitative estimate of drug-likeness (QED) is 0.805. The highest BCUT2D eigenvalue weighted by Crippen LogP contribution is 2.50. The molecule has 2 aromatic rings. The first-order valence-electron chi connectivity index (χ1n) is 7.84. The zero-order valence-corrected chi connectivity index (χ0v) is 15.3. The Morgan fingerprint density at radius 1 is 1.36 bits per heavy atom. The van der Waals surface area contributed by atoms with Gasteiger partial charge in [-0.25, -0.2) is 9.18 Å². The van der Waals surface area contributed by atoms with Crippen LogP contribution in [0.3, 0.4) is 0 Å². The number of rotatable bonds is 2. The number of ether oxygens (including phenoxy) is 2. The number of nitrogens with zero attached hydrogens (tertiary/aromatic N) is 1. The van der Waals surface area contributed by atoms with Crippen molar-refractivity contribution in [3.05, 3.63) is 52.3 Å². The zero-order valence-electron chi connectivity index (χ0n) is 13.7. The van der Waals surface area contributed by atoms with E-state index in [-0.39, 0.29) is 17.9 Å². The largest absolute Gasteiger partial charge is 0.493 e. The summed E-state index contributed by atoms with van der Waals surface area (Å²) in [5.41, 5.74) is 0.536. The van der Waals surface area contributed by atoms with Crippen molar-refractivity contribution in [1.29, 1.82) is 0 Å². The molecular formula is C18H16BrFN2O3. The molecule has 2 atom stereocenters. The van der Waals surface area contributed by atoms with Crippen molar-refractivity contribution in [3.63, 3.8) is 0 Å². The Kier molecular flexibility index (Phi) is 3.64. The highest BCUT2D eigenvalue weighted by molar-refractivity contribution is 9.10. The molecule has 25 heavy (non-hydrogen) atoms. The third-order valence-electron chi connectivity index (χ3n) is 4.61. The average Bonchev–Trinajstić information content (AvgIpc) is 2.56. The number of fused-ring (bicyclic) bond motifs is 4. The minimum absolute atomic E-state index is 0.190. The van der Waals surface area contributed by atoms with E-state index >= 15 is 0 Å². The Balaban J connectivity index is 1.82. The third kappa shape index (κ3) is 2.54. The van der Waals surface area contributed by atoms with Crippen molar-refractivity contribution in [1.82, 2.24) is 5.32 Å². The molecule has 2 aromatic carbocycles. The molecule has 1 N–H and O–H groups in total. The first-order chi connectivity index (χ1) is 11.9. The normalized spacial score (nSPS) is 24.2. The van der Waals surface area contributed by atoms with Gasteiger partial charge in [0, 0.05) is 22.1 Å². The summed E-state index contributed by atoms with van der Waals surface area (Å²) in [7, 11) is 1.58. The second kappa shape index (κ2) is 5.62. The van der Waals surface area contributed by atoms with Crippen molar-refractivity contribution in [3.8, 4) is 11.5 Å². The molecule has 4 rings (SSSR count). The summed E-state index contributed by atoms with van der Waals surface area (Å²) in [6.45, 7) is 1.85. The van der Waals surface area contributed by atoms with Gasteiger partial charge in [0.05, 0.1) is 13.2 Å². The second-order valence-corrected chi connectivity index (χ2v) is 7.24. The smallest absolute Gasteiger partial charge is 0.325 e. The van der Waals surface area contributed by atoms with Crippen LogP contribution in [0.15, 0.2) is 40.9 Å². The van der Waals surface area contributed by atoms with Crippen molar-refractivity contribution in [2.75, 3.05) is 12.0 Å². The molecular weight excluding hydrogens is 391 g/mol. The van der Waals surface area contributed by atoms with E-state index in [1.165, 1.54) is 17.0 Å². The van der Waals surface area contributed by atoms with Gasteiger partial charge in [0.1, 0.15) is 5.82 Å². The average molecular weight is 407 g/mol. The van der Waals surface area contributed by atoms with Gasteiger partial charge < -0.3 is 14.8 Å². The predicted molar refractivity (Wildman–Crippen MR) is 94.5 cm³/mol. The Morgan fingerprint density at radius 3 is 2.76 bits per heavy atom. The van der Waals surface area contributed by atoms with Crippen LogP contribution in [0.2, 0.25) is 0 Å². The van der Waals surface area contributed by atoms with Gasteiger partial charge in [-0.05, 0) is 43.3 Å². The summed E-state index contributed by atoms with van der Waals surface area (Å²) in [6, 6.07) is 9.07. The first kappa shape index (κ1) is 16.2. The molecule has 0 saturated carbocycles. The van der Waals surface area contributed by atoms with E-state index < -0.39 is 5.72 Å². The molecule has 2 bridgehead atoms. The molecule has 1 saturated heterocycles. The number of benzene rings is 2. The number of urea groups is 1. The molecule has 0 unspecified atom stereocenters. The fourth-order valence-corrected chi connectivity index (χ4v) is 3.99. The van der Waals surface area contributed by atoms with Crippen LogP contribution in [0.1, 0.15) is 24.9 Å². The van der Waals surface area contributed by atoms with Crippen LogP contribution in [0.25, 0.3) is 0 Å². The van der Waals surface area contributed by atoms with E-state index in [1.807, 2.05) is 19.1 Å².